The molecule has 5 nitrogen and oxygen atoms in total. The van der Waals surface area contributed by atoms with E-state index in [1.165, 1.54) is 0 Å². The molecule has 24 heavy (non-hydrogen) atoms. The molecule has 0 radical (unpaired) electrons. The number of amides is 1. The lowest BCUT2D eigenvalue weighted by atomic mass is 10.2. The Morgan fingerprint density at radius 1 is 1.08 bits per heavy atom. The fraction of sp³-hybridized carbons (Fsp3) is 0.176. The van der Waals surface area contributed by atoms with Crippen LogP contribution in [-0.2, 0) is 9.53 Å². The highest BCUT2D eigenvalue weighted by molar-refractivity contribution is 6.36. The van der Waals surface area contributed by atoms with Gasteiger partial charge in [0, 0.05) is 10.7 Å². The predicted octanol–water partition coefficient (Wildman–Crippen LogP) is 4.22. The molecule has 0 unspecified atom stereocenters. The maximum absolute atomic E-state index is 12.0. The molecule has 2 aromatic carbocycles. The lowest BCUT2D eigenvalue weighted by Crippen LogP contribution is -2.21. The number of carbonyl (C=O) groups excluding carboxylic acids is 2. The number of rotatable bonds is 6. The Hall–Kier alpha value is -2.24. The minimum atomic E-state index is -0.394. The molecule has 0 saturated heterocycles. The van der Waals surface area contributed by atoms with Crippen LogP contribution in [0.3, 0.4) is 0 Å². The molecule has 0 aromatic heterocycles. The number of benzene rings is 2. The Morgan fingerprint density at radius 2 is 1.79 bits per heavy atom. The smallest absolute Gasteiger partial charge is 0.338 e. The molecule has 0 spiro atoms. The number of ether oxygens (including phenoxy) is 1. The summed E-state index contributed by atoms with van der Waals surface area (Å²) in [5.74, 6) is -0.640. The van der Waals surface area contributed by atoms with Crippen LogP contribution in [0.5, 0.6) is 0 Å². The third-order valence-electron chi connectivity index (χ3n) is 3.05. The molecular formula is C17H16Cl2N2O3. The summed E-state index contributed by atoms with van der Waals surface area (Å²) < 4.78 is 4.90. The lowest BCUT2D eigenvalue weighted by molar-refractivity contribution is -0.114. The predicted molar refractivity (Wildman–Crippen MR) is 96.0 cm³/mol. The summed E-state index contributed by atoms with van der Waals surface area (Å²) in [6.45, 7) is 2.10. The maximum Gasteiger partial charge on any atom is 0.338 e. The third kappa shape index (κ3) is 5.15. The number of hydrogen-bond donors (Lipinski definition) is 2. The fourth-order valence-corrected chi connectivity index (χ4v) is 2.39. The first-order chi connectivity index (χ1) is 11.5. The van der Waals surface area contributed by atoms with Crippen molar-refractivity contribution >= 4 is 46.5 Å². The van der Waals surface area contributed by atoms with Crippen LogP contribution in [-0.4, -0.2) is 25.0 Å². The van der Waals surface area contributed by atoms with E-state index in [2.05, 4.69) is 10.6 Å². The van der Waals surface area contributed by atoms with E-state index in [1.807, 2.05) is 0 Å². The van der Waals surface area contributed by atoms with Crippen LogP contribution >= 0.6 is 23.2 Å². The van der Waals surface area contributed by atoms with Crippen LogP contribution in [0.2, 0.25) is 10.0 Å². The molecule has 0 bridgehead atoms. The summed E-state index contributed by atoms with van der Waals surface area (Å²) >= 11 is 11.8. The largest absolute Gasteiger partial charge is 0.462 e. The van der Waals surface area contributed by atoms with Gasteiger partial charge in [-0.25, -0.2) is 4.79 Å². The summed E-state index contributed by atoms with van der Waals surface area (Å²) in [6.07, 6.45) is 0. The van der Waals surface area contributed by atoms with Gasteiger partial charge in [-0.2, -0.15) is 0 Å². The van der Waals surface area contributed by atoms with E-state index >= 15 is 0 Å². The SMILES string of the molecule is CCOC(=O)c1ccc(NC(=O)CNc2ccc(Cl)cc2Cl)cc1. The molecule has 0 aliphatic heterocycles. The van der Waals surface area contributed by atoms with Gasteiger partial charge in [-0.3, -0.25) is 4.79 Å². The number of halogens is 2. The van der Waals surface area contributed by atoms with Gasteiger partial charge in [0.1, 0.15) is 0 Å². The average molecular weight is 367 g/mol. The van der Waals surface area contributed by atoms with Gasteiger partial charge >= 0.3 is 5.97 Å². The molecule has 2 N–H and O–H groups in total. The molecule has 0 atom stereocenters. The molecule has 1 amide bonds. The van der Waals surface area contributed by atoms with Gasteiger partial charge in [-0.15, -0.1) is 0 Å². The monoisotopic (exact) mass is 366 g/mol. The number of anilines is 2. The average Bonchev–Trinajstić information content (AvgIpc) is 2.55. The Morgan fingerprint density at radius 3 is 2.42 bits per heavy atom. The van der Waals surface area contributed by atoms with Gasteiger partial charge in [0.25, 0.3) is 0 Å². The molecular weight excluding hydrogens is 351 g/mol. The standard InChI is InChI=1S/C17H16Cl2N2O3/c1-2-24-17(23)11-3-6-13(7-4-11)21-16(22)10-20-15-8-5-12(18)9-14(15)19/h3-9,20H,2,10H2,1H3,(H,21,22). The van der Waals surface area contributed by atoms with Crippen LogP contribution in [0.25, 0.3) is 0 Å². The molecule has 0 aliphatic carbocycles. The molecule has 0 aliphatic rings. The summed E-state index contributed by atoms with van der Waals surface area (Å²) in [6, 6.07) is 11.4. The number of esters is 1. The van der Waals surface area contributed by atoms with Crippen molar-refractivity contribution in [2.75, 3.05) is 23.8 Å². The first kappa shape index (κ1) is 18.1. The van der Waals surface area contributed by atoms with Gasteiger partial charge in [0.2, 0.25) is 5.91 Å². The van der Waals surface area contributed by atoms with Crippen molar-refractivity contribution in [2.45, 2.75) is 6.92 Å². The normalized spacial score (nSPS) is 10.1. The second kappa shape index (κ2) is 8.57. The Labute approximate surface area is 149 Å². The zero-order chi connectivity index (χ0) is 17.5. The van der Waals surface area contributed by atoms with E-state index in [4.69, 9.17) is 27.9 Å². The van der Waals surface area contributed by atoms with Gasteiger partial charge in [0.05, 0.1) is 29.4 Å². The van der Waals surface area contributed by atoms with Crippen LogP contribution in [0.15, 0.2) is 42.5 Å². The summed E-state index contributed by atoms with van der Waals surface area (Å²) in [5, 5.41) is 6.61. The van der Waals surface area contributed by atoms with E-state index in [1.54, 1.807) is 49.4 Å². The van der Waals surface area contributed by atoms with Gasteiger partial charge in [-0.05, 0) is 49.4 Å². The van der Waals surface area contributed by atoms with Crippen molar-refractivity contribution in [3.8, 4) is 0 Å². The summed E-state index contributed by atoms with van der Waals surface area (Å²) in [4.78, 5) is 23.5. The topological polar surface area (TPSA) is 67.4 Å². The Balaban J connectivity index is 1.89. The van der Waals surface area contributed by atoms with Crippen LogP contribution in [0, 0.1) is 0 Å². The van der Waals surface area contributed by atoms with Crippen LogP contribution in [0.1, 0.15) is 17.3 Å². The first-order valence-electron chi connectivity index (χ1n) is 7.25. The minimum Gasteiger partial charge on any atom is -0.462 e. The van der Waals surface area contributed by atoms with Gasteiger partial charge in [-0.1, -0.05) is 23.2 Å². The number of hydrogen-bond acceptors (Lipinski definition) is 4. The number of nitrogens with one attached hydrogen (secondary N) is 2. The second-order valence-corrected chi connectivity index (χ2v) is 5.67. The van der Waals surface area contributed by atoms with Crippen molar-refractivity contribution in [1.29, 1.82) is 0 Å². The molecule has 0 fully saturated rings. The van der Waals surface area contributed by atoms with E-state index < -0.39 is 5.97 Å². The van der Waals surface area contributed by atoms with Crippen LogP contribution < -0.4 is 10.6 Å². The van der Waals surface area contributed by atoms with Crippen molar-refractivity contribution in [2.24, 2.45) is 0 Å². The highest BCUT2D eigenvalue weighted by Gasteiger charge is 2.08. The van der Waals surface area contributed by atoms with Crippen LogP contribution in [0.4, 0.5) is 11.4 Å². The molecule has 2 rings (SSSR count). The lowest BCUT2D eigenvalue weighted by Gasteiger charge is -2.10. The van der Waals surface area contributed by atoms with Gasteiger partial charge < -0.3 is 15.4 Å². The Kier molecular flexibility index (Phi) is 6.46. The fourth-order valence-electron chi connectivity index (χ4n) is 1.92. The van der Waals surface area contributed by atoms with E-state index in [9.17, 15) is 9.59 Å². The highest BCUT2D eigenvalue weighted by atomic mass is 35.5. The van der Waals surface area contributed by atoms with Gasteiger partial charge in [0.15, 0.2) is 0 Å². The Bertz CT molecular complexity index is 733. The molecule has 126 valence electrons. The second-order valence-electron chi connectivity index (χ2n) is 4.82. The van der Waals surface area contributed by atoms with Crippen molar-refractivity contribution in [1.82, 2.24) is 0 Å². The van der Waals surface area contributed by atoms with E-state index in [-0.39, 0.29) is 12.5 Å². The van der Waals surface area contributed by atoms with Crippen molar-refractivity contribution in [3.63, 3.8) is 0 Å². The minimum absolute atomic E-state index is 0.0426. The zero-order valence-corrected chi connectivity index (χ0v) is 14.4. The van der Waals surface area contributed by atoms with Crippen molar-refractivity contribution < 1.29 is 14.3 Å². The third-order valence-corrected chi connectivity index (χ3v) is 3.60. The molecule has 0 heterocycles. The molecule has 0 saturated carbocycles. The first-order valence-corrected chi connectivity index (χ1v) is 8.01. The quantitative estimate of drug-likeness (QED) is 0.751. The summed E-state index contributed by atoms with van der Waals surface area (Å²) in [7, 11) is 0. The van der Waals surface area contributed by atoms with E-state index in [0.29, 0.717) is 33.6 Å². The maximum atomic E-state index is 12.0. The zero-order valence-electron chi connectivity index (χ0n) is 12.9. The summed E-state index contributed by atoms with van der Waals surface area (Å²) in [5.41, 5.74) is 1.63. The van der Waals surface area contributed by atoms with E-state index in [0.717, 1.165) is 0 Å². The molecule has 7 heteroatoms. The molecule has 2 aromatic rings. The highest BCUT2D eigenvalue weighted by Crippen LogP contribution is 2.25. The number of carbonyl (C=O) groups is 2. The van der Waals surface area contributed by atoms with Crippen molar-refractivity contribution in [3.05, 3.63) is 58.1 Å².